The second kappa shape index (κ2) is 4.02. The number of anilines is 1. The standard InChI is InChI=1S/C8H12FN3O/c1-5(2)7-8(10)12-6(3-11-7)13-4-9/h3,5H,4H2,1-2H3,(H2,10,12). The normalized spacial score (nSPS) is 10.5. The van der Waals surface area contributed by atoms with Gasteiger partial charge in [-0.3, -0.25) is 4.98 Å². The quantitative estimate of drug-likeness (QED) is 0.774. The molecule has 0 amide bonds. The van der Waals surface area contributed by atoms with E-state index in [-0.39, 0.29) is 11.8 Å². The SMILES string of the molecule is CC(C)c1ncc(OCF)nc1N. The zero-order valence-corrected chi connectivity index (χ0v) is 7.62. The van der Waals surface area contributed by atoms with Crippen LogP contribution < -0.4 is 10.5 Å². The Labute approximate surface area is 75.9 Å². The maximum atomic E-state index is 11.7. The average Bonchev–Trinajstić information content (AvgIpc) is 2.04. The van der Waals surface area contributed by atoms with Crippen molar-refractivity contribution < 1.29 is 9.13 Å². The summed E-state index contributed by atoms with van der Waals surface area (Å²) in [6.07, 6.45) is 1.37. The van der Waals surface area contributed by atoms with Crippen LogP contribution in [0.4, 0.5) is 10.2 Å². The van der Waals surface area contributed by atoms with Gasteiger partial charge < -0.3 is 10.5 Å². The van der Waals surface area contributed by atoms with Crippen molar-refractivity contribution in [3.05, 3.63) is 11.9 Å². The Balaban J connectivity index is 2.92. The minimum atomic E-state index is -0.921. The van der Waals surface area contributed by atoms with Crippen LogP contribution in [0, 0.1) is 0 Å². The lowest BCUT2D eigenvalue weighted by atomic mass is 10.1. The van der Waals surface area contributed by atoms with Crippen molar-refractivity contribution >= 4 is 5.82 Å². The van der Waals surface area contributed by atoms with Gasteiger partial charge in [0.1, 0.15) is 5.82 Å². The molecule has 0 bridgehead atoms. The summed E-state index contributed by atoms with van der Waals surface area (Å²) in [6.45, 7) is 2.99. The van der Waals surface area contributed by atoms with Crippen LogP contribution in [0.25, 0.3) is 0 Å². The van der Waals surface area contributed by atoms with Gasteiger partial charge in [-0.2, -0.15) is 4.98 Å². The van der Waals surface area contributed by atoms with E-state index in [2.05, 4.69) is 14.7 Å². The van der Waals surface area contributed by atoms with Gasteiger partial charge in [0.05, 0.1) is 11.9 Å². The lowest BCUT2D eigenvalue weighted by molar-refractivity contribution is 0.184. The number of nitrogen functional groups attached to an aromatic ring is 1. The molecule has 0 aliphatic carbocycles. The van der Waals surface area contributed by atoms with Crippen LogP contribution in [0.5, 0.6) is 5.88 Å². The van der Waals surface area contributed by atoms with E-state index in [1.807, 2.05) is 13.8 Å². The van der Waals surface area contributed by atoms with E-state index in [1.54, 1.807) is 0 Å². The van der Waals surface area contributed by atoms with Crippen LogP contribution in [0.15, 0.2) is 6.20 Å². The number of alkyl halides is 1. The van der Waals surface area contributed by atoms with E-state index < -0.39 is 6.86 Å². The molecular weight excluding hydrogens is 173 g/mol. The fourth-order valence-corrected chi connectivity index (χ4v) is 0.966. The number of nitrogens with zero attached hydrogens (tertiary/aromatic N) is 2. The van der Waals surface area contributed by atoms with Gasteiger partial charge in [0.15, 0.2) is 0 Å². The molecule has 0 aliphatic rings. The molecule has 1 heterocycles. The highest BCUT2D eigenvalue weighted by Crippen LogP contribution is 2.19. The minimum Gasteiger partial charge on any atom is -0.445 e. The van der Waals surface area contributed by atoms with Crippen molar-refractivity contribution in [3.8, 4) is 5.88 Å². The maximum Gasteiger partial charge on any atom is 0.236 e. The Morgan fingerprint density at radius 3 is 2.77 bits per heavy atom. The molecule has 5 heteroatoms. The number of nitrogens with two attached hydrogens (primary N) is 1. The molecule has 1 aromatic heterocycles. The van der Waals surface area contributed by atoms with Crippen LogP contribution in [0.3, 0.4) is 0 Å². The zero-order valence-electron chi connectivity index (χ0n) is 7.62. The molecule has 0 saturated heterocycles. The molecule has 0 saturated carbocycles. The molecule has 4 nitrogen and oxygen atoms in total. The van der Waals surface area contributed by atoms with Crippen molar-refractivity contribution in [2.45, 2.75) is 19.8 Å². The van der Waals surface area contributed by atoms with Gasteiger partial charge in [-0.1, -0.05) is 13.8 Å². The summed E-state index contributed by atoms with van der Waals surface area (Å²) < 4.78 is 16.2. The first-order valence-corrected chi connectivity index (χ1v) is 3.96. The summed E-state index contributed by atoms with van der Waals surface area (Å²) in [5, 5.41) is 0. The predicted octanol–water partition coefficient (Wildman–Crippen LogP) is 1.49. The second-order valence-electron chi connectivity index (χ2n) is 2.89. The number of ether oxygens (including phenoxy) is 1. The minimum absolute atomic E-state index is 0.115. The molecule has 13 heavy (non-hydrogen) atoms. The van der Waals surface area contributed by atoms with Gasteiger partial charge in [0.2, 0.25) is 12.7 Å². The van der Waals surface area contributed by atoms with Gasteiger partial charge in [-0.05, 0) is 5.92 Å². The number of rotatable bonds is 3. The number of hydrogen-bond acceptors (Lipinski definition) is 4. The number of hydrogen-bond donors (Lipinski definition) is 1. The Bertz CT molecular complexity index is 291. The summed E-state index contributed by atoms with van der Waals surface area (Å²) in [7, 11) is 0. The summed E-state index contributed by atoms with van der Waals surface area (Å²) in [6, 6.07) is 0. The summed E-state index contributed by atoms with van der Waals surface area (Å²) in [5.74, 6) is 0.609. The molecule has 0 unspecified atom stereocenters. The highest BCUT2D eigenvalue weighted by atomic mass is 19.1. The largest absolute Gasteiger partial charge is 0.445 e. The van der Waals surface area contributed by atoms with Gasteiger partial charge in [-0.15, -0.1) is 0 Å². The molecule has 1 aromatic rings. The number of aromatic nitrogens is 2. The van der Waals surface area contributed by atoms with E-state index in [4.69, 9.17) is 5.73 Å². The van der Waals surface area contributed by atoms with Gasteiger partial charge in [-0.25, -0.2) is 4.39 Å². The third kappa shape index (κ3) is 2.27. The van der Waals surface area contributed by atoms with E-state index >= 15 is 0 Å². The molecule has 0 radical (unpaired) electrons. The first-order valence-electron chi connectivity index (χ1n) is 3.96. The molecule has 0 aliphatic heterocycles. The smallest absolute Gasteiger partial charge is 0.236 e. The maximum absolute atomic E-state index is 11.7. The van der Waals surface area contributed by atoms with Gasteiger partial charge in [0, 0.05) is 0 Å². The average molecular weight is 185 g/mol. The molecule has 0 spiro atoms. The first-order chi connectivity index (χ1) is 6.15. The van der Waals surface area contributed by atoms with Crippen molar-refractivity contribution in [1.29, 1.82) is 0 Å². The molecule has 72 valence electrons. The topological polar surface area (TPSA) is 61.0 Å². The molecule has 0 fully saturated rings. The lowest BCUT2D eigenvalue weighted by Gasteiger charge is -2.07. The van der Waals surface area contributed by atoms with Crippen LogP contribution in [-0.2, 0) is 0 Å². The van der Waals surface area contributed by atoms with Crippen molar-refractivity contribution in [3.63, 3.8) is 0 Å². The van der Waals surface area contributed by atoms with E-state index in [0.717, 1.165) is 0 Å². The number of halogens is 1. The Hall–Kier alpha value is -1.39. The third-order valence-corrected chi connectivity index (χ3v) is 1.56. The Kier molecular flexibility index (Phi) is 3.00. The molecule has 0 atom stereocenters. The summed E-state index contributed by atoms with van der Waals surface area (Å²) in [4.78, 5) is 7.85. The van der Waals surface area contributed by atoms with E-state index in [0.29, 0.717) is 11.5 Å². The molecular formula is C8H12FN3O. The fourth-order valence-electron chi connectivity index (χ4n) is 0.966. The van der Waals surface area contributed by atoms with Crippen LogP contribution in [0.1, 0.15) is 25.5 Å². The first kappa shape index (κ1) is 9.70. The third-order valence-electron chi connectivity index (χ3n) is 1.56. The van der Waals surface area contributed by atoms with Gasteiger partial charge in [0.25, 0.3) is 0 Å². The highest BCUT2D eigenvalue weighted by molar-refractivity contribution is 5.37. The Morgan fingerprint density at radius 2 is 2.31 bits per heavy atom. The van der Waals surface area contributed by atoms with Crippen LogP contribution in [-0.4, -0.2) is 16.8 Å². The fraction of sp³-hybridized carbons (Fsp3) is 0.500. The van der Waals surface area contributed by atoms with E-state index in [9.17, 15) is 4.39 Å². The summed E-state index contributed by atoms with van der Waals surface area (Å²) >= 11 is 0. The Morgan fingerprint density at radius 1 is 1.62 bits per heavy atom. The highest BCUT2D eigenvalue weighted by Gasteiger charge is 2.08. The summed E-state index contributed by atoms with van der Waals surface area (Å²) in [5.41, 5.74) is 6.28. The predicted molar refractivity (Wildman–Crippen MR) is 47.1 cm³/mol. The van der Waals surface area contributed by atoms with Crippen molar-refractivity contribution in [1.82, 2.24) is 9.97 Å². The molecule has 2 N–H and O–H groups in total. The zero-order chi connectivity index (χ0) is 9.84. The lowest BCUT2D eigenvalue weighted by Crippen LogP contribution is -2.04. The van der Waals surface area contributed by atoms with Crippen molar-refractivity contribution in [2.75, 3.05) is 12.6 Å². The van der Waals surface area contributed by atoms with E-state index in [1.165, 1.54) is 6.20 Å². The monoisotopic (exact) mass is 185 g/mol. The molecule has 1 rings (SSSR count). The van der Waals surface area contributed by atoms with Gasteiger partial charge >= 0.3 is 0 Å². The second-order valence-corrected chi connectivity index (χ2v) is 2.89. The van der Waals surface area contributed by atoms with Crippen LogP contribution in [0.2, 0.25) is 0 Å². The van der Waals surface area contributed by atoms with Crippen LogP contribution >= 0.6 is 0 Å². The van der Waals surface area contributed by atoms with Crippen molar-refractivity contribution in [2.24, 2.45) is 0 Å². The molecule has 0 aromatic carbocycles.